The first-order chi connectivity index (χ1) is 16.5. The number of phenols is 1. The first kappa shape index (κ1) is 22.0. The summed E-state index contributed by atoms with van der Waals surface area (Å²) in [6, 6.07) is 13.9. The van der Waals surface area contributed by atoms with Gasteiger partial charge in [0.05, 0.1) is 28.9 Å². The molecule has 0 saturated heterocycles. The van der Waals surface area contributed by atoms with Crippen LogP contribution in [0.15, 0.2) is 65.2 Å². The van der Waals surface area contributed by atoms with E-state index in [9.17, 15) is 20.0 Å². The zero-order chi connectivity index (χ0) is 23.8. The summed E-state index contributed by atoms with van der Waals surface area (Å²) >= 11 is 1.64. The minimum absolute atomic E-state index is 0.0147. The standard InChI is InChI=1S/C25H23N3O5S/c1-2-33-21-13-15(11-19(25(21)30)28(31)32)24-23-18(26-16-6-3-4-7-17(16)27-24)10-14(12-20(23)29)22-8-5-9-34-22/h3-9,11,13-14,24,26-27,30H,2,10,12H2,1H3/t14-,24-/m0/s1. The Morgan fingerprint density at radius 3 is 2.68 bits per heavy atom. The van der Waals surface area contributed by atoms with Crippen LogP contribution in [0.1, 0.15) is 42.2 Å². The fraction of sp³-hybridized carbons (Fsp3) is 0.240. The minimum atomic E-state index is -0.651. The van der Waals surface area contributed by atoms with Crippen molar-refractivity contribution in [3.63, 3.8) is 0 Å². The minimum Gasteiger partial charge on any atom is -0.500 e. The number of ether oxygens (including phenoxy) is 1. The number of aromatic hydroxyl groups is 1. The van der Waals surface area contributed by atoms with Crippen LogP contribution in [0, 0.1) is 10.1 Å². The Morgan fingerprint density at radius 1 is 1.18 bits per heavy atom. The molecule has 2 heterocycles. The van der Waals surface area contributed by atoms with Gasteiger partial charge in [0.15, 0.2) is 11.5 Å². The molecule has 1 aliphatic heterocycles. The van der Waals surface area contributed by atoms with Crippen LogP contribution >= 0.6 is 11.3 Å². The number of phenolic OH excluding ortho intramolecular Hbond substituents is 1. The monoisotopic (exact) mass is 477 g/mol. The lowest BCUT2D eigenvalue weighted by Crippen LogP contribution is -2.26. The average molecular weight is 478 g/mol. The van der Waals surface area contributed by atoms with Gasteiger partial charge in [-0.3, -0.25) is 14.9 Å². The highest BCUT2D eigenvalue weighted by atomic mass is 32.1. The predicted octanol–water partition coefficient (Wildman–Crippen LogP) is 5.74. The van der Waals surface area contributed by atoms with E-state index in [1.54, 1.807) is 24.3 Å². The number of fused-ring (bicyclic) bond motifs is 1. The van der Waals surface area contributed by atoms with Gasteiger partial charge in [-0.25, -0.2) is 0 Å². The molecule has 0 radical (unpaired) electrons. The molecule has 0 saturated carbocycles. The molecule has 3 N–H and O–H groups in total. The van der Waals surface area contributed by atoms with Gasteiger partial charge in [-0.1, -0.05) is 18.2 Å². The molecule has 5 rings (SSSR count). The van der Waals surface area contributed by atoms with Crippen molar-refractivity contribution in [1.29, 1.82) is 0 Å². The van der Waals surface area contributed by atoms with Gasteiger partial charge in [-0.2, -0.15) is 0 Å². The quantitative estimate of drug-likeness (QED) is 0.317. The summed E-state index contributed by atoms with van der Waals surface area (Å²) in [5.74, 6) is -0.463. The average Bonchev–Trinajstić information content (AvgIpc) is 3.29. The van der Waals surface area contributed by atoms with Gasteiger partial charge in [0, 0.05) is 34.6 Å². The summed E-state index contributed by atoms with van der Waals surface area (Å²) in [6.45, 7) is 1.96. The van der Waals surface area contributed by atoms with E-state index >= 15 is 0 Å². The van der Waals surface area contributed by atoms with Gasteiger partial charge in [-0.15, -0.1) is 11.3 Å². The van der Waals surface area contributed by atoms with E-state index in [1.165, 1.54) is 6.07 Å². The Balaban J connectivity index is 1.67. The number of nitro benzene ring substituents is 1. The van der Waals surface area contributed by atoms with Crippen LogP contribution in [0.3, 0.4) is 0 Å². The van der Waals surface area contributed by atoms with Crippen LogP contribution in [0.25, 0.3) is 0 Å². The fourth-order valence-electron chi connectivity index (χ4n) is 4.65. The number of carbonyl (C=O) groups excluding carboxylic acids is 1. The highest BCUT2D eigenvalue weighted by Crippen LogP contribution is 2.47. The Kier molecular flexibility index (Phi) is 5.70. The van der Waals surface area contributed by atoms with E-state index in [-0.39, 0.29) is 24.1 Å². The number of thiophene rings is 1. The first-order valence-electron chi connectivity index (χ1n) is 11.0. The van der Waals surface area contributed by atoms with Gasteiger partial charge in [0.2, 0.25) is 5.75 Å². The van der Waals surface area contributed by atoms with Crippen LogP contribution in [-0.2, 0) is 4.79 Å². The fourth-order valence-corrected chi connectivity index (χ4v) is 5.48. The number of nitrogens with one attached hydrogen (secondary N) is 2. The summed E-state index contributed by atoms with van der Waals surface area (Å²) < 4.78 is 5.49. The van der Waals surface area contributed by atoms with Gasteiger partial charge in [-0.05, 0) is 48.6 Å². The number of para-hydroxylation sites is 2. The number of Topliss-reactive ketones (excluding diaryl/α,β-unsaturated/α-hetero) is 1. The molecule has 1 aromatic heterocycles. The van der Waals surface area contributed by atoms with Crippen molar-refractivity contribution in [3.05, 3.63) is 85.7 Å². The third kappa shape index (κ3) is 3.88. The number of carbonyl (C=O) groups is 1. The maximum atomic E-state index is 13.6. The molecular weight excluding hydrogens is 454 g/mol. The molecule has 2 aromatic carbocycles. The number of benzene rings is 2. The lowest BCUT2D eigenvalue weighted by Gasteiger charge is -2.29. The van der Waals surface area contributed by atoms with E-state index in [1.807, 2.05) is 41.8 Å². The topological polar surface area (TPSA) is 114 Å². The van der Waals surface area contributed by atoms with Crippen molar-refractivity contribution < 1.29 is 19.6 Å². The van der Waals surface area contributed by atoms with Crippen molar-refractivity contribution >= 4 is 34.2 Å². The van der Waals surface area contributed by atoms with Gasteiger partial charge in [0.25, 0.3) is 0 Å². The van der Waals surface area contributed by atoms with Crippen molar-refractivity contribution in [2.75, 3.05) is 17.2 Å². The maximum absolute atomic E-state index is 13.6. The third-order valence-corrected chi connectivity index (χ3v) is 7.20. The van der Waals surface area contributed by atoms with E-state index in [0.29, 0.717) is 24.0 Å². The highest BCUT2D eigenvalue weighted by molar-refractivity contribution is 7.10. The molecule has 0 amide bonds. The number of anilines is 2. The van der Waals surface area contributed by atoms with Crippen LogP contribution in [-0.4, -0.2) is 22.4 Å². The molecule has 1 aliphatic carbocycles. The molecule has 34 heavy (non-hydrogen) atoms. The zero-order valence-electron chi connectivity index (χ0n) is 18.4. The van der Waals surface area contributed by atoms with Crippen LogP contribution in [0.2, 0.25) is 0 Å². The van der Waals surface area contributed by atoms with Crippen LogP contribution in [0.4, 0.5) is 17.1 Å². The van der Waals surface area contributed by atoms with E-state index in [4.69, 9.17) is 4.74 Å². The normalized spacial score (nSPS) is 19.4. The zero-order valence-corrected chi connectivity index (χ0v) is 19.2. The molecule has 8 nitrogen and oxygen atoms in total. The van der Waals surface area contributed by atoms with Gasteiger partial charge < -0.3 is 20.5 Å². The van der Waals surface area contributed by atoms with Crippen LogP contribution in [0.5, 0.6) is 11.5 Å². The Labute approximate surface area is 200 Å². The largest absolute Gasteiger partial charge is 0.500 e. The van der Waals surface area contributed by atoms with E-state index in [0.717, 1.165) is 21.9 Å². The SMILES string of the molecule is CCOc1cc([C@@H]2Nc3ccccc3NC3=C2C(=O)C[C@@H](c2cccs2)C3)cc([N+](=O)[O-])c1O. The summed E-state index contributed by atoms with van der Waals surface area (Å²) in [5.41, 5.74) is 2.96. The van der Waals surface area contributed by atoms with Crippen molar-refractivity contribution in [2.45, 2.75) is 31.7 Å². The van der Waals surface area contributed by atoms with Crippen LogP contribution < -0.4 is 15.4 Å². The lowest BCUT2D eigenvalue weighted by molar-refractivity contribution is -0.386. The number of nitro groups is 1. The van der Waals surface area contributed by atoms with Crippen molar-refractivity contribution in [2.24, 2.45) is 0 Å². The summed E-state index contributed by atoms with van der Waals surface area (Å²) in [7, 11) is 0. The number of nitrogens with zero attached hydrogens (tertiary/aromatic N) is 1. The smallest absolute Gasteiger partial charge is 0.315 e. The molecule has 0 unspecified atom stereocenters. The highest BCUT2D eigenvalue weighted by Gasteiger charge is 2.37. The number of allylic oxidation sites excluding steroid dienone is 1. The lowest BCUT2D eigenvalue weighted by atomic mass is 9.80. The third-order valence-electron chi connectivity index (χ3n) is 6.16. The molecule has 2 atom stereocenters. The first-order valence-corrected chi connectivity index (χ1v) is 11.9. The second kappa shape index (κ2) is 8.83. The number of rotatable bonds is 5. The maximum Gasteiger partial charge on any atom is 0.315 e. The number of hydrogen-bond acceptors (Lipinski definition) is 8. The van der Waals surface area contributed by atoms with Gasteiger partial charge in [0.1, 0.15) is 0 Å². The molecule has 0 spiro atoms. The predicted molar refractivity (Wildman–Crippen MR) is 131 cm³/mol. The molecule has 9 heteroatoms. The summed E-state index contributed by atoms with van der Waals surface area (Å²) in [6.07, 6.45) is 1.00. The summed E-state index contributed by atoms with van der Waals surface area (Å²) in [5, 5.41) is 30.9. The molecule has 3 aromatic rings. The Bertz CT molecular complexity index is 1300. The van der Waals surface area contributed by atoms with E-state index in [2.05, 4.69) is 10.6 Å². The molecule has 0 fully saturated rings. The van der Waals surface area contributed by atoms with Crippen molar-refractivity contribution in [3.8, 4) is 11.5 Å². The molecular formula is C25H23N3O5S. The molecule has 174 valence electrons. The molecule has 2 aliphatic rings. The van der Waals surface area contributed by atoms with Gasteiger partial charge >= 0.3 is 5.69 Å². The second-order valence-corrected chi connectivity index (χ2v) is 9.24. The molecule has 0 bridgehead atoms. The van der Waals surface area contributed by atoms with Crippen molar-refractivity contribution in [1.82, 2.24) is 0 Å². The number of ketones is 1. The Morgan fingerprint density at radius 2 is 1.97 bits per heavy atom. The summed E-state index contributed by atoms with van der Waals surface area (Å²) in [4.78, 5) is 25.8. The Hall–Kier alpha value is -3.85. The number of hydrogen-bond donors (Lipinski definition) is 3. The second-order valence-electron chi connectivity index (χ2n) is 8.26. The van der Waals surface area contributed by atoms with E-state index < -0.39 is 22.4 Å².